The van der Waals surface area contributed by atoms with Crippen molar-refractivity contribution in [2.24, 2.45) is 0 Å². The molecule has 6 nitrogen and oxygen atoms in total. The summed E-state index contributed by atoms with van der Waals surface area (Å²) >= 11 is 9.31. The summed E-state index contributed by atoms with van der Waals surface area (Å²) in [6.07, 6.45) is 0. The van der Waals surface area contributed by atoms with Gasteiger partial charge in [0, 0.05) is 28.2 Å². The van der Waals surface area contributed by atoms with Gasteiger partial charge in [-0.25, -0.2) is 69.4 Å². The van der Waals surface area contributed by atoms with Crippen molar-refractivity contribution in [3.8, 4) is 0 Å². The summed E-state index contributed by atoms with van der Waals surface area (Å²) < 4.78 is 175. The Labute approximate surface area is 242 Å². The summed E-state index contributed by atoms with van der Waals surface area (Å²) in [5.74, 6) is -23.5. The maximum absolute atomic E-state index is 13.1. The number of benzene rings is 2. The number of nitrogens with zero attached hydrogens (tertiary/aromatic N) is 2. The minimum absolute atomic E-state index is 0. The number of rotatable bonds is 4. The van der Waals surface area contributed by atoms with Gasteiger partial charge in [-0.2, -0.15) is 0 Å². The first-order valence-electron chi connectivity index (χ1n) is 8.77. The minimum Gasteiger partial charge on any atom is -0.207 e. The highest BCUT2D eigenvalue weighted by Crippen LogP contribution is 2.29. The predicted molar refractivity (Wildman–Crippen MR) is 133 cm³/mol. The summed E-state index contributed by atoms with van der Waals surface area (Å²) in [5, 5.41) is 0. The third-order valence-corrected chi connectivity index (χ3v) is 7.49. The third-order valence-electron chi connectivity index (χ3n) is 3.82. The fourth-order valence-electron chi connectivity index (χ4n) is 1.99. The molecule has 224 valence electrons. The molecule has 0 amide bonds. The van der Waals surface area contributed by atoms with Crippen LogP contribution in [0.1, 0.15) is 7.43 Å². The second kappa shape index (κ2) is 15.3. The summed E-state index contributed by atoms with van der Waals surface area (Å²) in [7, 11) is -5.94. The number of hydrogen-bond acceptors (Lipinski definition) is 4. The SMILES string of the molecule is BrB(Br)Br.C.CN(C)S(=O)(=O)c1c(F)c(F)c(F)c(F)c1F.CN(C)S(=O)(=O)c1c(F)c(F)c(F)c(F)c1F. The Hall–Kier alpha value is -0.935. The van der Waals surface area contributed by atoms with Crippen LogP contribution >= 0.6 is 47.3 Å². The van der Waals surface area contributed by atoms with E-state index in [4.69, 9.17) is 0 Å². The van der Waals surface area contributed by atoms with E-state index in [9.17, 15) is 60.7 Å². The van der Waals surface area contributed by atoms with Gasteiger partial charge in [-0.3, -0.25) is 0 Å². The standard InChI is InChI=1S/2C8H6F5NO2S.CH4.BBr3/c2*1-14(2)17(15,16)8-6(12)4(10)3(9)5(11)7(8)13;;2-1(3)4/h2*1-2H3;1H4;. The molecule has 0 bridgehead atoms. The second-order valence-electron chi connectivity index (χ2n) is 6.62. The summed E-state index contributed by atoms with van der Waals surface area (Å²) in [6.45, 7) is 0. The van der Waals surface area contributed by atoms with Gasteiger partial charge in [0.2, 0.25) is 31.7 Å². The molecule has 22 heteroatoms. The average molecular weight is 817 g/mol. The van der Waals surface area contributed by atoms with Crippen LogP contribution in [-0.4, -0.2) is 56.8 Å². The third kappa shape index (κ3) is 9.02. The lowest BCUT2D eigenvalue weighted by molar-refractivity contribution is 0.354. The lowest BCUT2D eigenvalue weighted by atomic mass is 10.3. The molecule has 0 unspecified atom stereocenters. The van der Waals surface area contributed by atoms with Gasteiger partial charge in [0.25, 0.3) is 0 Å². The van der Waals surface area contributed by atoms with Gasteiger partial charge in [-0.05, 0) is 0 Å². The van der Waals surface area contributed by atoms with Gasteiger partial charge in [-0.1, -0.05) is 7.43 Å². The molecule has 0 saturated carbocycles. The van der Waals surface area contributed by atoms with Crippen molar-refractivity contribution in [1.82, 2.24) is 8.61 Å². The van der Waals surface area contributed by atoms with Crippen LogP contribution in [0, 0.1) is 58.2 Å². The van der Waals surface area contributed by atoms with Crippen LogP contribution in [-0.2, 0) is 20.0 Å². The second-order valence-corrected chi connectivity index (χ2v) is 17.2. The van der Waals surface area contributed by atoms with Crippen LogP contribution in [0.25, 0.3) is 0 Å². The molecule has 0 spiro atoms. The van der Waals surface area contributed by atoms with Gasteiger partial charge in [0.15, 0.2) is 56.3 Å². The van der Waals surface area contributed by atoms with Crippen molar-refractivity contribution in [3.05, 3.63) is 58.2 Å². The van der Waals surface area contributed by atoms with E-state index < -0.39 is 88.0 Å². The summed E-state index contributed by atoms with van der Waals surface area (Å²) in [6, 6.07) is 0. The van der Waals surface area contributed by atoms with Crippen LogP contribution in [0.15, 0.2) is 9.79 Å². The zero-order chi connectivity index (χ0) is 30.7. The highest BCUT2D eigenvalue weighted by molar-refractivity contribution is 9.69. The Bertz CT molecular complexity index is 1250. The van der Waals surface area contributed by atoms with E-state index in [1.165, 1.54) is 0 Å². The van der Waals surface area contributed by atoms with Crippen molar-refractivity contribution in [2.75, 3.05) is 28.2 Å². The quantitative estimate of drug-likeness (QED) is 0.163. The van der Waals surface area contributed by atoms with E-state index >= 15 is 0 Å². The topological polar surface area (TPSA) is 74.8 Å². The molecule has 0 atom stereocenters. The molecule has 0 aliphatic carbocycles. The fourth-order valence-corrected chi connectivity index (χ4v) is 3.98. The van der Waals surface area contributed by atoms with Gasteiger partial charge in [0.1, 0.15) is 0 Å². The fraction of sp³-hybridized carbons (Fsp3) is 0.294. The Kier molecular flexibility index (Phi) is 15.8. The highest BCUT2D eigenvalue weighted by atomic mass is 79.9. The van der Waals surface area contributed by atoms with E-state index in [0.717, 1.165) is 28.2 Å². The molecule has 0 heterocycles. The molecule has 0 aromatic heterocycles. The zero-order valence-corrected chi connectivity index (χ0v) is 25.2. The Balaban J connectivity index is 0. The number of sulfonamides is 2. The van der Waals surface area contributed by atoms with Crippen LogP contribution in [0.2, 0.25) is 0 Å². The summed E-state index contributed by atoms with van der Waals surface area (Å²) in [4.78, 5) is -3.72. The lowest BCUT2D eigenvalue weighted by Crippen LogP contribution is -2.26. The highest BCUT2D eigenvalue weighted by Gasteiger charge is 2.35. The van der Waals surface area contributed by atoms with Crippen LogP contribution < -0.4 is 0 Å². The first kappa shape index (κ1) is 40.2. The molecule has 2 aromatic rings. The van der Waals surface area contributed by atoms with E-state index in [2.05, 4.69) is 47.3 Å². The van der Waals surface area contributed by atoms with Crippen molar-refractivity contribution < 1.29 is 60.7 Å². The minimum atomic E-state index is -4.76. The first-order chi connectivity index (χ1) is 17.0. The number of halogens is 13. The van der Waals surface area contributed by atoms with E-state index in [1.54, 1.807) is 0 Å². The molecule has 0 fully saturated rings. The molecule has 0 radical (unpaired) electrons. The van der Waals surface area contributed by atoms with Crippen molar-refractivity contribution >= 4 is 70.5 Å². The van der Waals surface area contributed by atoms with Crippen molar-refractivity contribution in [1.29, 1.82) is 0 Å². The molecule has 0 saturated heterocycles. The number of hydrogen-bond donors (Lipinski definition) is 0. The molecule has 39 heavy (non-hydrogen) atoms. The maximum Gasteiger partial charge on any atom is 0.369 e. The molecule has 2 aromatic carbocycles. The average Bonchev–Trinajstić information content (AvgIpc) is 2.78. The van der Waals surface area contributed by atoms with E-state index in [1.807, 2.05) is 0 Å². The molecule has 0 aliphatic rings. The molecular formula is C17H16BBr3F10N2O4S2. The van der Waals surface area contributed by atoms with Crippen LogP contribution in [0.4, 0.5) is 43.9 Å². The lowest BCUT2D eigenvalue weighted by Gasteiger charge is -2.13. The van der Waals surface area contributed by atoms with Gasteiger partial charge >= 0.3 is 3.18 Å². The zero-order valence-electron chi connectivity index (χ0n) is 18.8. The van der Waals surface area contributed by atoms with E-state index in [-0.39, 0.29) is 10.6 Å². The Morgan fingerprint density at radius 3 is 0.718 bits per heavy atom. The molecule has 0 aliphatic heterocycles. The monoisotopic (exact) mass is 814 g/mol. The van der Waals surface area contributed by atoms with Crippen molar-refractivity contribution in [3.63, 3.8) is 0 Å². The smallest absolute Gasteiger partial charge is 0.207 e. The Morgan fingerprint density at radius 1 is 0.462 bits per heavy atom. The molecule has 2 rings (SSSR count). The van der Waals surface area contributed by atoms with Gasteiger partial charge in [0.05, 0.1) is 0 Å². The molecular weight excluding hydrogens is 801 g/mol. The van der Waals surface area contributed by atoms with Crippen LogP contribution in [0.5, 0.6) is 0 Å². The van der Waals surface area contributed by atoms with Crippen LogP contribution in [0.3, 0.4) is 0 Å². The predicted octanol–water partition coefficient (Wildman–Crippen LogP) is 6.06. The summed E-state index contributed by atoms with van der Waals surface area (Å²) in [5.41, 5.74) is 0. The normalized spacial score (nSPS) is 11.4. The first-order valence-corrected chi connectivity index (χ1v) is 14.4. The largest absolute Gasteiger partial charge is 0.369 e. The Morgan fingerprint density at radius 2 is 0.590 bits per heavy atom. The van der Waals surface area contributed by atoms with Crippen molar-refractivity contribution in [2.45, 2.75) is 17.2 Å². The van der Waals surface area contributed by atoms with E-state index in [0.29, 0.717) is 8.61 Å². The van der Waals surface area contributed by atoms with Gasteiger partial charge < -0.3 is 0 Å². The van der Waals surface area contributed by atoms with Gasteiger partial charge in [-0.15, -0.1) is 47.3 Å². The maximum atomic E-state index is 13.1. The molecule has 0 N–H and O–H groups in total.